The van der Waals surface area contributed by atoms with Crippen LogP contribution in [0.25, 0.3) is 21.9 Å². The normalized spacial score (nSPS) is 14.5. The molecule has 0 saturated heterocycles. The van der Waals surface area contributed by atoms with Crippen molar-refractivity contribution < 1.29 is 31.5 Å². The summed E-state index contributed by atoms with van der Waals surface area (Å²) in [6, 6.07) is 14.5. The lowest BCUT2D eigenvalue weighted by Gasteiger charge is -2.19. The lowest BCUT2D eigenvalue weighted by molar-refractivity contribution is -0.137. The van der Waals surface area contributed by atoms with Crippen molar-refractivity contribution in [1.82, 2.24) is 10.3 Å². The van der Waals surface area contributed by atoms with Crippen LogP contribution in [0.2, 0.25) is 5.02 Å². The van der Waals surface area contributed by atoms with Crippen LogP contribution >= 0.6 is 11.6 Å². The van der Waals surface area contributed by atoms with Gasteiger partial charge in [0.25, 0.3) is 11.8 Å². The number of nitrogens with one attached hydrogen (secondary N) is 2. The molecule has 2 amide bonds. The molecule has 11 heteroatoms. The Morgan fingerprint density at radius 1 is 0.929 bits per heavy atom. The lowest BCUT2D eigenvalue weighted by atomic mass is 9.91. The summed E-state index contributed by atoms with van der Waals surface area (Å²) >= 11 is 6.36. The Bertz CT molecular complexity index is 1920. The molecule has 1 aromatic heterocycles. The van der Waals surface area contributed by atoms with Gasteiger partial charge < -0.3 is 10.6 Å². The highest BCUT2D eigenvalue weighted by molar-refractivity contribution is 6.31. The molecule has 4 aromatic carbocycles. The molecule has 210 valence electrons. The number of hydrogen-bond donors (Lipinski definition) is 2. The van der Waals surface area contributed by atoms with E-state index in [1.165, 1.54) is 6.07 Å². The summed E-state index contributed by atoms with van der Waals surface area (Å²) in [5.74, 6) is -3.47. The largest absolute Gasteiger partial charge is 0.416 e. The van der Waals surface area contributed by atoms with Crippen LogP contribution in [0.4, 0.5) is 27.6 Å². The highest BCUT2D eigenvalue weighted by atomic mass is 35.5. The summed E-state index contributed by atoms with van der Waals surface area (Å²) in [5, 5.41) is 7.04. The second kappa shape index (κ2) is 10.2. The Morgan fingerprint density at radius 2 is 1.74 bits per heavy atom. The Kier molecular flexibility index (Phi) is 6.65. The molecule has 1 aliphatic rings. The molecule has 1 aliphatic heterocycles. The van der Waals surface area contributed by atoms with Gasteiger partial charge in [0.2, 0.25) is 0 Å². The van der Waals surface area contributed by atoms with Gasteiger partial charge in [-0.3, -0.25) is 14.6 Å². The van der Waals surface area contributed by atoms with Crippen molar-refractivity contribution in [2.24, 2.45) is 0 Å². The third-order valence-electron chi connectivity index (χ3n) is 6.99. The van der Waals surface area contributed by atoms with E-state index >= 15 is 0 Å². The Labute approximate surface area is 240 Å². The van der Waals surface area contributed by atoms with Crippen LogP contribution in [0.5, 0.6) is 0 Å². The van der Waals surface area contributed by atoms with Gasteiger partial charge in [-0.05, 0) is 71.1 Å². The Morgan fingerprint density at radius 3 is 2.52 bits per heavy atom. The van der Waals surface area contributed by atoms with Gasteiger partial charge in [-0.15, -0.1) is 0 Å². The molecule has 42 heavy (non-hydrogen) atoms. The number of halogens is 6. The number of nitrogens with zero attached hydrogens (tertiary/aromatic N) is 1. The minimum absolute atomic E-state index is 0.0417. The maximum absolute atomic E-state index is 14.2. The van der Waals surface area contributed by atoms with Crippen LogP contribution in [-0.4, -0.2) is 16.8 Å². The average Bonchev–Trinajstić information content (AvgIpc) is 3.29. The quantitative estimate of drug-likeness (QED) is 0.208. The molecule has 0 fully saturated rings. The number of amides is 2. The summed E-state index contributed by atoms with van der Waals surface area (Å²) in [5.41, 5.74) is -0.148. The predicted molar refractivity (Wildman–Crippen MR) is 147 cm³/mol. The molecule has 2 N–H and O–H groups in total. The van der Waals surface area contributed by atoms with Crippen LogP contribution < -0.4 is 10.6 Å². The summed E-state index contributed by atoms with van der Waals surface area (Å²) in [6.45, 7) is 0. The third kappa shape index (κ3) is 4.94. The second-order valence-corrected chi connectivity index (χ2v) is 10.0. The third-order valence-corrected chi connectivity index (χ3v) is 7.33. The summed E-state index contributed by atoms with van der Waals surface area (Å²) < 4.78 is 68.4. The van der Waals surface area contributed by atoms with E-state index in [4.69, 9.17) is 11.6 Å². The van der Waals surface area contributed by atoms with Crippen molar-refractivity contribution in [3.8, 4) is 11.1 Å². The first kappa shape index (κ1) is 27.3. The standard InChI is InChI=1S/C31H17ClF5N3O2/c32-25-5-4-19(33)13-23(25)28-27-24(30(42)40-28)10-16(21-3-1-2-15-14-38-7-6-22(15)21)11-26(27)39-29(41)17-8-18(31(35,36)37)12-20(34)9-17/h1-14,28H,(H,39,41)(H,40,42). The van der Waals surface area contributed by atoms with E-state index in [1.807, 2.05) is 6.07 Å². The molecule has 0 radical (unpaired) electrons. The van der Waals surface area contributed by atoms with Crippen molar-refractivity contribution in [2.75, 3.05) is 5.32 Å². The van der Waals surface area contributed by atoms with Crippen LogP contribution in [-0.2, 0) is 6.18 Å². The number of hydrogen-bond acceptors (Lipinski definition) is 3. The topological polar surface area (TPSA) is 71.1 Å². The van der Waals surface area contributed by atoms with E-state index in [-0.39, 0.29) is 33.5 Å². The number of benzene rings is 4. The van der Waals surface area contributed by atoms with Crippen LogP contribution in [0.15, 0.2) is 85.2 Å². The van der Waals surface area contributed by atoms with Crippen molar-refractivity contribution in [2.45, 2.75) is 12.2 Å². The summed E-state index contributed by atoms with van der Waals surface area (Å²) in [4.78, 5) is 30.7. The van der Waals surface area contributed by atoms with Gasteiger partial charge >= 0.3 is 6.18 Å². The van der Waals surface area contributed by atoms with E-state index in [0.717, 1.165) is 22.9 Å². The smallest absolute Gasteiger partial charge is 0.341 e. The zero-order valence-corrected chi connectivity index (χ0v) is 21.9. The van der Waals surface area contributed by atoms with Gasteiger partial charge in [0, 0.05) is 50.7 Å². The first-order valence-corrected chi connectivity index (χ1v) is 12.8. The second-order valence-electron chi connectivity index (χ2n) is 9.64. The monoisotopic (exact) mass is 593 g/mol. The van der Waals surface area contributed by atoms with Gasteiger partial charge in [0.1, 0.15) is 11.6 Å². The maximum Gasteiger partial charge on any atom is 0.416 e. The van der Waals surface area contributed by atoms with Crippen molar-refractivity contribution in [3.05, 3.63) is 130 Å². The van der Waals surface area contributed by atoms with Crippen molar-refractivity contribution in [3.63, 3.8) is 0 Å². The first-order valence-electron chi connectivity index (χ1n) is 12.5. The van der Waals surface area contributed by atoms with E-state index in [1.54, 1.807) is 42.7 Å². The lowest BCUT2D eigenvalue weighted by Crippen LogP contribution is -2.21. The molecule has 6 rings (SSSR count). The first-order chi connectivity index (χ1) is 20.0. The number of carbonyl (C=O) groups excluding carboxylic acids is 2. The molecule has 0 spiro atoms. The molecule has 5 nitrogen and oxygen atoms in total. The van der Waals surface area contributed by atoms with E-state index in [0.29, 0.717) is 23.3 Å². The molecule has 0 bridgehead atoms. The van der Waals surface area contributed by atoms with Gasteiger partial charge in [-0.2, -0.15) is 13.2 Å². The van der Waals surface area contributed by atoms with Gasteiger partial charge in [0.05, 0.1) is 11.6 Å². The van der Waals surface area contributed by atoms with E-state index < -0.39 is 46.8 Å². The zero-order valence-electron chi connectivity index (χ0n) is 21.2. The molecule has 5 aromatic rings. The van der Waals surface area contributed by atoms with E-state index in [9.17, 15) is 31.5 Å². The van der Waals surface area contributed by atoms with E-state index in [2.05, 4.69) is 15.6 Å². The fourth-order valence-corrected chi connectivity index (χ4v) is 5.34. The van der Waals surface area contributed by atoms with Gasteiger partial charge in [-0.25, -0.2) is 8.78 Å². The number of rotatable bonds is 4. The molecule has 2 heterocycles. The number of carbonyl (C=O) groups is 2. The number of alkyl halides is 3. The van der Waals surface area contributed by atoms with Crippen molar-refractivity contribution >= 4 is 39.9 Å². The fourth-order valence-electron chi connectivity index (χ4n) is 5.11. The number of pyridine rings is 1. The van der Waals surface area contributed by atoms with Crippen molar-refractivity contribution in [1.29, 1.82) is 0 Å². The highest BCUT2D eigenvalue weighted by Crippen LogP contribution is 2.43. The average molecular weight is 594 g/mol. The zero-order chi connectivity index (χ0) is 29.8. The molecule has 1 unspecified atom stereocenters. The SMILES string of the molecule is O=C(Nc1cc(-c2cccc3cnccc23)cc2c1C(c1cc(F)ccc1Cl)NC2=O)c1cc(F)cc(C(F)(F)F)c1. The summed E-state index contributed by atoms with van der Waals surface area (Å²) in [7, 11) is 0. The minimum atomic E-state index is -4.89. The molecule has 1 atom stereocenters. The van der Waals surface area contributed by atoms with Crippen LogP contribution in [0.3, 0.4) is 0 Å². The van der Waals surface area contributed by atoms with Gasteiger partial charge in [-0.1, -0.05) is 29.8 Å². The maximum atomic E-state index is 14.2. The highest BCUT2D eigenvalue weighted by Gasteiger charge is 2.36. The van der Waals surface area contributed by atoms with Crippen LogP contribution in [0, 0.1) is 11.6 Å². The molecule has 0 saturated carbocycles. The number of anilines is 1. The Hall–Kier alpha value is -4.83. The molecular formula is C31H17ClF5N3O2. The molecular weight excluding hydrogens is 577 g/mol. The summed E-state index contributed by atoms with van der Waals surface area (Å²) in [6.07, 6.45) is -1.64. The fraction of sp³-hybridized carbons (Fsp3) is 0.0645. The Balaban J connectivity index is 1.54. The number of aromatic nitrogens is 1. The number of fused-ring (bicyclic) bond motifs is 2. The molecule has 0 aliphatic carbocycles. The predicted octanol–water partition coefficient (Wildman–Crippen LogP) is 7.94. The van der Waals surface area contributed by atoms with Crippen LogP contribution in [0.1, 0.15) is 43.4 Å². The van der Waals surface area contributed by atoms with Gasteiger partial charge in [0.15, 0.2) is 0 Å². The minimum Gasteiger partial charge on any atom is -0.341 e.